The number of carbonyl (C=O) groups is 2. The number of nitrogens with zero attached hydrogens (tertiary/aromatic N) is 1. The van der Waals surface area contributed by atoms with Crippen molar-refractivity contribution in [2.45, 2.75) is 6.92 Å². The van der Waals surface area contributed by atoms with Crippen LogP contribution in [0.15, 0.2) is 60.3 Å². The van der Waals surface area contributed by atoms with Crippen LogP contribution in [0.4, 0.5) is 5.69 Å². The van der Waals surface area contributed by atoms with Gasteiger partial charge in [-0.2, -0.15) is 5.26 Å². The van der Waals surface area contributed by atoms with Gasteiger partial charge in [0.2, 0.25) is 5.91 Å². The summed E-state index contributed by atoms with van der Waals surface area (Å²) in [6.45, 7) is 1.30. The van der Waals surface area contributed by atoms with Crippen LogP contribution in [0, 0.1) is 11.3 Å². The lowest BCUT2D eigenvalue weighted by Gasteiger charge is -2.10. The van der Waals surface area contributed by atoms with Crippen molar-refractivity contribution in [1.82, 2.24) is 5.32 Å². The molecule has 0 aliphatic heterocycles. The highest BCUT2D eigenvalue weighted by molar-refractivity contribution is 6.08. The molecule has 0 atom stereocenters. The van der Waals surface area contributed by atoms with Gasteiger partial charge in [-0.25, -0.2) is 0 Å². The standard InChI is InChI=1S/C19H17N3O3/c1-14(23)21-18(13-15-5-3-2-4-6-15)19(24)22-16-7-9-17(10-8-16)25-12-11-20/h2-10,13H,12H2,1H3,(H,21,23)(H,22,24)/b18-13+. The molecule has 2 aromatic carbocycles. The Balaban J connectivity index is 2.13. The number of ether oxygens (including phenoxy) is 1. The molecule has 0 aliphatic carbocycles. The van der Waals surface area contributed by atoms with Gasteiger partial charge in [-0.3, -0.25) is 9.59 Å². The number of rotatable bonds is 6. The molecule has 25 heavy (non-hydrogen) atoms. The lowest BCUT2D eigenvalue weighted by Crippen LogP contribution is -2.28. The van der Waals surface area contributed by atoms with Crippen molar-refractivity contribution in [2.75, 3.05) is 11.9 Å². The molecule has 0 saturated heterocycles. The molecule has 2 aromatic rings. The molecule has 0 bridgehead atoms. The second-order valence-corrected chi connectivity index (χ2v) is 5.08. The van der Waals surface area contributed by atoms with Crippen molar-refractivity contribution < 1.29 is 14.3 Å². The highest BCUT2D eigenvalue weighted by Crippen LogP contribution is 2.16. The molecule has 0 saturated carbocycles. The molecular weight excluding hydrogens is 318 g/mol. The highest BCUT2D eigenvalue weighted by Gasteiger charge is 2.11. The highest BCUT2D eigenvalue weighted by atomic mass is 16.5. The second kappa shape index (κ2) is 8.89. The van der Waals surface area contributed by atoms with Gasteiger partial charge in [0, 0.05) is 12.6 Å². The predicted octanol–water partition coefficient (Wildman–Crippen LogP) is 2.70. The minimum atomic E-state index is -0.440. The van der Waals surface area contributed by atoms with Gasteiger partial charge in [0.05, 0.1) is 0 Å². The third kappa shape index (κ3) is 5.84. The third-order valence-corrected chi connectivity index (χ3v) is 3.08. The summed E-state index contributed by atoms with van der Waals surface area (Å²) < 4.78 is 5.15. The molecule has 126 valence electrons. The Labute approximate surface area is 145 Å². The van der Waals surface area contributed by atoms with Crippen LogP contribution in [0.2, 0.25) is 0 Å². The molecule has 0 fully saturated rings. The molecule has 6 heteroatoms. The van der Waals surface area contributed by atoms with Crippen molar-refractivity contribution in [2.24, 2.45) is 0 Å². The average Bonchev–Trinajstić information content (AvgIpc) is 2.61. The summed E-state index contributed by atoms with van der Waals surface area (Å²) >= 11 is 0. The fraction of sp³-hybridized carbons (Fsp3) is 0.105. The molecule has 0 aliphatic rings. The number of hydrogen-bond donors (Lipinski definition) is 2. The number of carbonyl (C=O) groups excluding carboxylic acids is 2. The van der Waals surface area contributed by atoms with Gasteiger partial charge in [-0.05, 0) is 35.9 Å². The fourth-order valence-corrected chi connectivity index (χ4v) is 2.01. The first kappa shape index (κ1) is 17.8. The molecule has 0 heterocycles. The maximum absolute atomic E-state index is 12.4. The number of anilines is 1. The first-order valence-electron chi connectivity index (χ1n) is 7.54. The minimum absolute atomic E-state index is 0.0435. The zero-order chi connectivity index (χ0) is 18.1. The van der Waals surface area contributed by atoms with Crippen LogP contribution in [0.5, 0.6) is 5.75 Å². The minimum Gasteiger partial charge on any atom is -0.479 e. The van der Waals surface area contributed by atoms with Gasteiger partial charge in [-0.15, -0.1) is 0 Å². The Morgan fingerprint density at radius 2 is 1.80 bits per heavy atom. The number of amides is 2. The van der Waals surface area contributed by atoms with Crippen LogP contribution >= 0.6 is 0 Å². The maximum Gasteiger partial charge on any atom is 0.272 e. The Morgan fingerprint density at radius 1 is 1.12 bits per heavy atom. The van der Waals surface area contributed by atoms with Crippen LogP contribution in [-0.4, -0.2) is 18.4 Å². The monoisotopic (exact) mass is 335 g/mol. The maximum atomic E-state index is 12.4. The van der Waals surface area contributed by atoms with Gasteiger partial charge in [0.1, 0.15) is 17.5 Å². The predicted molar refractivity (Wildman–Crippen MR) is 94.4 cm³/mol. The number of benzene rings is 2. The first-order chi connectivity index (χ1) is 12.1. The number of hydrogen-bond acceptors (Lipinski definition) is 4. The van der Waals surface area contributed by atoms with E-state index in [-0.39, 0.29) is 18.2 Å². The van der Waals surface area contributed by atoms with Crippen molar-refractivity contribution in [3.8, 4) is 11.8 Å². The van der Waals surface area contributed by atoms with Gasteiger partial charge in [-0.1, -0.05) is 30.3 Å². The summed E-state index contributed by atoms with van der Waals surface area (Å²) in [5.41, 5.74) is 1.48. The second-order valence-electron chi connectivity index (χ2n) is 5.08. The molecule has 2 amide bonds. The van der Waals surface area contributed by atoms with E-state index in [0.717, 1.165) is 5.56 Å². The Morgan fingerprint density at radius 3 is 2.40 bits per heavy atom. The smallest absolute Gasteiger partial charge is 0.272 e. The normalized spacial score (nSPS) is 10.5. The van der Waals surface area contributed by atoms with Gasteiger partial charge in [0.25, 0.3) is 5.91 Å². The van der Waals surface area contributed by atoms with Crippen LogP contribution in [0.3, 0.4) is 0 Å². The third-order valence-electron chi connectivity index (χ3n) is 3.08. The average molecular weight is 335 g/mol. The number of nitrogens with one attached hydrogen (secondary N) is 2. The number of nitriles is 1. The lowest BCUT2D eigenvalue weighted by molar-refractivity contribution is -0.120. The summed E-state index contributed by atoms with van der Waals surface area (Å²) in [5.74, 6) is -0.246. The molecule has 2 rings (SSSR count). The van der Waals surface area contributed by atoms with Crippen LogP contribution in [0.1, 0.15) is 12.5 Å². The van der Waals surface area contributed by atoms with Gasteiger partial charge in [0.15, 0.2) is 6.61 Å². The van der Waals surface area contributed by atoms with E-state index in [9.17, 15) is 9.59 Å². The van der Waals surface area contributed by atoms with E-state index in [0.29, 0.717) is 11.4 Å². The molecule has 0 unspecified atom stereocenters. The molecule has 0 radical (unpaired) electrons. The van der Waals surface area contributed by atoms with Gasteiger partial charge < -0.3 is 15.4 Å². The van der Waals surface area contributed by atoms with E-state index in [1.807, 2.05) is 36.4 Å². The Kier molecular flexibility index (Phi) is 6.32. The van der Waals surface area contributed by atoms with E-state index < -0.39 is 5.91 Å². The van der Waals surface area contributed by atoms with Crippen LogP contribution in [-0.2, 0) is 9.59 Å². The van der Waals surface area contributed by atoms with E-state index in [1.165, 1.54) is 6.92 Å². The topological polar surface area (TPSA) is 91.2 Å². The van der Waals surface area contributed by atoms with E-state index >= 15 is 0 Å². The molecule has 0 aromatic heterocycles. The van der Waals surface area contributed by atoms with Crippen molar-refractivity contribution >= 4 is 23.6 Å². The fourth-order valence-electron chi connectivity index (χ4n) is 2.01. The Hall–Kier alpha value is -3.59. The van der Waals surface area contributed by atoms with Crippen LogP contribution in [0.25, 0.3) is 6.08 Å². The molecular formula is C19H17N3O3. The SMILES string of the molecule is CC(=O)N/C(=C/c1ccccc1)C(=O)Nc1ccc(OCC#N)cc1. The van der Waals surface area contributed by atoms with Gasteiger partial charge >= 0.3 is 0 Å². The van der Waals surface area contributed by atoms with E-state index in [1.54, 1.807) is 30.3 Å². The quantitative estimate of drug-likeness (QED) is 0.794. The zero-order valence-electron chi connectivity index (χ0n) is 13.7. The largest absolute Gasteiger partial charge is 0.479 e. The van der Waals surface area contributed by atoms with E-state index in [4.69, 9.17) is 10.00 Å². The molecule has 6 nitrogen and oxygen atoms in total. The van der Waals surface area contributed by atoms with Crippen molar-refractivity contribution in [3.63, 3.8) is 0 Å². The molecule has 2 N–H and O–H groups in total. The zero-order valence-corrected chi connectivity index (χ0v) is 13.7. The summed E-state index contributed by atoms with van der Waals surface area (Å²) in [7, 11) is 0. The van der Waals surface area contributed by atoms with Crippen molar-refractivity contribution in [1.29, 1.82) is 5.26 Å². The summed E-state index contributed by atoms with van der Waals surface area (Å²) in [6, 6.07) is 17.7. The van der Waals surface area contributed by atoms with Crippen molar-refractivity contribution in [3.05, 3.63) is 65.9 Å². The Bertz CT molecular complexity index is 806. The summed E-state index contributed by atoms with van der Waals surface area (Å²) in [6.07, 6.45) is 1.60. The summed E-state index contributed by atoms with van der Waals surface area (Å²) in [5, 5.41) is 13.7. The summed E-state index contributed by atoms with van der Waals surface area (Å²) in [4.78, 5) is 23.8. The lowest BCUT2D eigenvalue weighted by atomic mass is 10.2. The van der Waals surface area contributed by atoms with Crippen LogP contribution < -0.4 is 15.4 Å². The van der Waals surface area contributed by atoms with E-state index in [2.05, 4.69) is 10.6 Å². The molecule has 0 spiro atoms. The first-order valence-corrected chi connectivity index (χ1v) is 7.54.